The second-order valence-corrected chi connectivity index (χ2v) is 4.36. The van der Waals surface area contributed by atoms with Gasteiger partial charge >= 0.3 is 0 Å². The maximum Gasteiger partial charge on any atom is 0.118 e. The van der Waals surface area contributed by atoms with E-state index < -0.39 is 0 Å². The molecule has 0 aliphatic carbocycles. The SMILES string of the molecule is C=C[C@@](C)(CO)COCc1ccc(OC)cc1. The number of hydrogen-bond acceptors (Lipinski definition) is 3. The molecule has 0 radical (unpaired) electrons. The van der Waals surface area contributed by atoms with Crippen LogP contribution < -0.4 is 4.74 Å². The van der Waals surface area contributed by atoms with Crippen LogP contribution in [-0.4, -0.2) is 25.4 Å². The summed E-state index contributed by atoms with van der Waals surface area (Å²) in [6.45, 7) is 6.63. The molecule has 0 fully saturated rings. The van der Waals surface area contributed by atoms with Crippen LogP contribution in [0, 0.1) is 5.41 Å². The van der Waals surface area contributed by atoms with E-state index >= 15 is 0 Å². The Labute approximate surface area is 103 Å². The highest BCUT2D eigenvalue weighted by atomic mass is 16.5. The van der Waals surface area contributed by atoms with Gasteiger partial charge in [0.2, 0.25) is 0 Å². The molecule has 3 nitrogen and oxygen atoms in total. The van der Waals surface area contributed by atoms with Gasteiger partial charge in [-0.05, 0) is 17.7 Å². The average molecular weight is 236 g/mol. The summed E-state index contributed by atoms with van der Waals surface area (Å²) in [5, 5.41) is 9.18. The number of methoxy groups -OCH3 is 1. The first-order valence-corrected chi connectivity index (χ1v) is 5.58. The van der Waals surface area contributed by atoms with E-state index in [2.05, 4.69) is 6.58 Å². The molecule has 1 atom stereocenters. The van der Waals surface area contributed by atoms with Crippen LogP contribution in [0.3, 0.4) is 0 Å². The van der Waals surface area contributed by atoms with Crippen molar-refractivity contribution < 1.29 is 14.6 Å². The number of aliphatic hydroxyl groups excluding tert-OH is 1. The van der Waals surface area contributed by atoms with Crippen LogP contribution in [0.15, 0.2) is 36.9 Å². The molecule has 94 valence electrons. The Morgan fingerprint density at radius 1 is 1.35 bits per heavy atom. The number of ether oxygens (including phenoxy) is 2. The van der Waals surface area contributed by atoms with Gasteiger partial charge in [-0.15, -0.1) is 6.58 Å². The van der Waals surface area contributed by atoms with E-state index in [-0.39, 0.29) is 12.0 Å². The predicted octanol–water partition coefficient (Wildman–Crippen LogP) is 2.40. The molecule has 1 aromatic carbocycles. The van der Waals surface area contributed by atoms with Gasteiger partial charge in [0, 0.05) is 5.41 Å². The molecule has 1 rings (SSSR count). The fourth-order valence-electron chi connectivity index (χ4n) is 1.29. The zero-order chi connectivity index (χ0) is 12.7. The third-order valence-corrected chi connectivity index (χ3v) is 2.71. The summed E-state index contributed by atoms with van der Waals surface area (Å²) < 4.78 is 10.6. The summed E-state index contributed by atoms with van der Waals surface area (Å²) in [5.74, 6) is 0.833. The van der Waals surface area contributed by atoms with Crippen LogP contribution in [0.5, 0.6) is 5.75 Å². The van der Waals surface area contributed by atoms with Gasteiger partial charge in [-0.1, -0.05) is 25.1 Å². The van der Waals surface area contributed by atoms with Gasteiger partial charge < -0.3 is 14.6 Å². The van der Waals surface area contributed by atoms with Crippen molar-refractivity contribution in [1.82, 2.24) is 0 Å². The number of hydrogen-bond donors (Lipinski definition) is 1. The van der Waals surface area contributed by atoms with Gasteiger partial charge in [-0.25, -0.2) is 0 Å². The van der Waals surface area contributed by atoms with E-state index in [0.29, 0.717) is 13.2 Å². The van der Waals surface area contributed by atoms with Crippen LogP contribution >= 0.6 is 0 Å². The lowest BCUT2D eigenvalue weighted by Crippen LogP contribution is -2.24. The third kappa shape index (κ3) is 4.21. The Hall–Kier alpha value is -1.32. The summed E-state index contributed by atoms with van der Waals surface area (Å²) >= 11 is 0. The first-order valence-electron chi connectivity index (χ1n) is 5.58. The zero-order valence-corrected chi connectivity index (χ0v) is 10.5. The van der Waals surface area contributed by atoms with Gasteiger partial charge in [-0.2, -0.15) is 0 Å². The number of rotatable bonds is 7. The molecular formula is C14H20O3. The lowest BCUT2D eigenvalue weighted by Gasteiger charge is -2.22. The highest BCUT2D eigenvalue weighted by Crippen LogP contribution is 2.18. The fourth-order valence-corrected chi connectivity index (χ4v) is 1.29. The smallest absolute Gasteiger partial charge is 0.118 e. The number of aliphatic hydroxyl groups is 1. The van der Waals surface area contributed by atoms with Crippen LogP contribution in [0.4, 0.5) is 0 Å². The van der Waals surface area contributed by atoms with Crippen molar-refractivity contribution in [3.05, 3.63) is 42.5 Å². The standard InChI is InChI=1S/C14H20O3/c1-4-14(2,10-15)11-17-9-12-5-7-13(16-3)8-6-12/h4-8,15H,1,9-11H2,2-3H3/t14-/m0/s1. The Morgan fingerprint density at radius 3 is 2.47 bits per heavy atom. The highest BCUT2D eigenvalue weighted by Gasteiger charge is 2.18. The molecule has 0 amide bonds. The molecule has 1 aromatic rings. The lowest BCUT2D eigenvalue weighted by atomic mass is 9.93. The zero-order valence-electron chi connectivity index (χ0n) is 10.5. The van der Waals surface area contributed by atoms with E-state index in [0.717, 1.165) is 11.3 Å². The van der Waals surface area contributed by atoms with Crippen LogP contribution in [-0.2, 0) is 11.3 Å². The van der Waals surface area contributed by atoms with Gasteiger partial charge in [-0.3, -0.25) is 0 Å². The molecule has 0 aromatic heterocycles. The molecule has 17 heavy (non-hydrogen) atoms. The summed E-state index contributed by atoms with van der Waals surface area (Å²) in [6.07, 6.45) is 1.72. The minimum absolute atomic E-state index is 0.0408. The first kappa shape index (κ1) is 13.7. The Kier molecular flexibility index (Phi) is 5.19. The maximum absolute atomic E-state index is 9.18. The maximum atomic E-state index is 9.18. The minimum atomic E-state index is -0.369. The normalized spacial score (nSPS) is 14.1. The van der Waals surface area contributed by atoms with Gasteiger partial charge in [0.15, 0.2) is 0 Å². The van der Waals surface area contributed by atoms with Gasteiger partial charge in [0.25, 0.3) is 0 Å². The van der Waals surface area contributed by atoms with Crippen molar-refractivity contribution >= 4 is 0 Å². The quantitative estimate of drug-likeness (QED) is 0.739. The Bertz CT molecular complexity index is 345. The van der Waals surface area contributed by atoms with Crippen molar-refractivity contribution in [1.29, 1.82) is 0 Å². The minimum Gasteiger partial charge on any atom is -0.497 e. The van der Waals surface area contributed by atoms with Crippen molar-refractivity contribution in [3.8, 4) is 5.75 Å². The Balaban J connectivity index is 2.42. The lowest BCUT2D eigenvalue weighted by molar-refractivity contribution is 0.0351. The third-order valence-electron chi connectivity index (χ3n) is 2.71. The molecule has 0 unspecified atom stereocenters. The monoisotopic (exact) mass is 236 g/mol. The van der Waals surface area contributed by atoms with E-state index in [1.54, 1.807) is 13.2 Å². The highest BCUT2D eigenvalue weighted by molar-refractivity contribution is 5.26. The average Bonchev–Trinajstić information content (AvgIpc) is 2.39. The van der Waals surface area contributed by atoms with Crippen LogP contribution in [0.2, 0.25) is 0 Å². The van der Waals surface area contributed by atoms with Gasteiger partial charge in [0.05, 0.1) is 26.9 Å². The molecule has 1 N–H and O–H groups in total. The molecule has 0 saturated carbocycles. The van der Waals surface area contributed by atoms with Crippen LogP contribution in [0.1, 0.15) is 12.5 Å². The molecule has 0 spiro atoms. The summed E-state index contributed by atoms with van der Waals surface area (Å²) in [4.78, 5) is 0. The Morgan fingerprint density at radius 2 is 2.00 bits per heavy atom. The second-order valence-electron chi connectivity index (χ2n) is 4.36. The topological polar surface area (TPSA) is 38.7 Å². The molecular weight excluding hydrogens is 216 g/mol. The number of benzene rings is 1. The molecule has 0 aliphatic heterocycles. The van der Waals surface area contributed by atoms with Gasteiger partial charge in [0.1, 0.15) is 5.75 Å². The first-order chi connectivity index (χ1) is 8.13. The fraction of sp³-hybridized carbons (Fsp3) is 0.429. The van der Waals surface area contributed by atoms with E-state index in [1.807, 2.05) is 31.2 Å². The molecule has 0 bridgehead atoms. The molecule has 0 aliphatic rings. The van der Waals surface area contributed by atoms with Crippen molar-refractivity contribution in [2.75, 3.05) is 20.3 Å². The summed E-state index contributed by atoms with van der Waals surface area (Å²) in [7, 11) is 1.64. The molecule has 0 heterocycles. The molecule has 0 saturated heterocycles. The summed E-state index contributed by atoms with van der Waals surface area (Å²) in [6, 6.07) is 7.72. The van der Waals surface area contributed by atoms with Crippen molar-refractivity contribution in [2.45, 2.75) is 13.5 Å². The van der Waals surface area contributed by atoms with E-state index in [4.69, 9.17) is 9.47 Å². The summed E-state index contributed by atoms with van der Waals surface area (Å²) in [5.41, 5.74) is 0.710. The predicted molar refractivity (Wildman–Crippen MR) is 68.0 cm³/mol. The second kappa shape index (κ2) is 6.42. The van der Waals surface area contributed by atoms with Crippen molar-refractivity contribution in [3.63, 3.8) is 0 Å². The largest absolute Gasteiger partial charge is 0.497 e. The molecule has 3 heteroatoms. The van der Waals surface area contributed by atoms with Crippen molar-refractivity contribution in [2.24, 2.45) is 5.41 Å². The van der Waals surface area contributed by atoms with E-state index in [9.17, 15) is 5.11 Å². The van der Waals surface area contributed by atoms with E-state index in [1.165, 1.54) is 0 Å². The van der Waals surface area contributed by atoms with Crippen LogP contribution in [0.25, 0.3) is 0 Å².